The van der Waals surface area contributed by atoms with E-state index >= 15 is 0 Å². The van der Waals surface area contributed by atoms with Gasteiger partial charge in [-0.3, -0.25) is 4.79 Å². The van der Waals surface area contributed by atoms with Crippen LogP contribution in [0.5, 0.6) is 11.5 Å². The lowest BCUT2D eigenvalue weighted by molar-refractivity contribution is -0.124. The summed E-state index contributed by atoms with van der Waals surface area (Å²) in [6.45, 7) is 4.25. The van der Waals surface area contributed by atoms with E-state index in [1.165, 1.54) is 0 Å². The summed E-state index contributed by atoms with van der Waals surface area (Å²) in [5, 5.41) is 3.95. The highest BCUT2D eigenvalue weighted by molar-refractivity contribution is 6.42. The summed E-state index contributed by atoms with van der Waals surface area (Å²) >= 11 is 12.4. The number of carbonyl (C=O) groups is 1. The molecule has 8 heteroatoms. The SMILES string of the molecule is COc1ccc(OC)c(NC(=O)C23CCC(c4nc5cc(Cl)c(Cl)cc5nc42)C3(C)C)c1. The fourth-order valence-electron chi connectivity index (χ4n) is 5.52. The fourth-order valence-corrected chi connectivity index (χ4v) is 5.84. The van der Waals surface area contributed by atoms with Crippen molar-refractivity contribution in [3.8, 4) is 11.5 Å². The van der Waals surface area contributed by atoms with Crippen LogP contribution in [-0.2, 0) is 10.2 Å². The maximum atomic E-state index is 14.0. The summed E-state index contributed by atoms with van der Waals surface area (Å²) in [5.41, 5.74) is 2.29. The molecule has 1 aromatic heterocycles. The highest BCUT2D eigenvalue weighted by atomic mass is 35.5. The molecule has 2 unspecified atom stereocenters. The topological polar surface area (TPSA) is 73.3 Å². The van der Waals surface area contributed by atoms with Crippen LogP contribution in [0.4, 0.5) is 5.69 Å². The van der Waals surface area contributed by atoms with E-state index in [4.69, 9.17) is 42.6 Å². The lowest BCUT2D eigenvalue weighted by Gasteiger charge is -2.36. The molecule has 1 saturated carbocycles. The number of halogens is 2. The Balaban J connectivity index is 1.65. The molecule has 0 spiro atoms. The van der Waals surface area contributed by atoms with E-state index in [2.05, 4.69) is 19.2 Å². The maximum absolute atomic E-state index is 14.0. The number of aromatic nitrogens is 2. The Kier molecular flexibility index (Phi) is 4.80. The largest absolute Gasteiger partial charge is 0.497 e. The van der Waals surface area contributed by atoms with E-state index < -0.39 is 5.41 Å². The summed E-state index contributed by atoms with van der Waals surface area (Å²) in [7, 11) is 3.16. The highest BCUT2D eigenvalue weighted by Gasteiger charge is 2.67. The van der Waals surface area contributed by atoms with Crippen LogP contribution in [0.25, 0.3) is 11.0 Å². The van der Waals surface area contributed by atoms with Crippen molar-refractivity contribution >= 4 is 45.8 Å². The number of ether oxygens (including phenoxy) is 2. The van der Waals surface area contributed by atoms with Crippen molar-refractivity contribution in [3.05, 3.63) is 51.8 Å². The van der Waals surface area contributed by atoms with Gasteiger partial charge in [0.15, 0.2) is 0 Å². The van der Waals surface area contributed by atoms with Gasteiger partial charge in [0.25, 0.3) is 0 Å². The molecule has 2 bridgehead atoms. The van der Waals surface area contributed by atoms with Crippen molar-refractivity contribution in [1.29, 1.82) is 0 Å². The molecule has 2 atom stereocenters. The molecule has 1 amide bonds. The molecular weight excluding hydrogens is 449 g/mol. The van der Waals surface area contributed by atoms with Crippen molar-refractivity contribution in [2.24, 2.45) is 5.41 Å². The summed E-state index contributed by atoms with van der Waals surface area (Å²) in [4.78, 5) is 23.8. The van der Waals surface area contributed by atoms with Crippen LogP contribution >= 0.6 is 23.2 Å². The second-order valence-corrected chi connectivity index (χ2v) is 9.77. The number of fused-ring (bicyclic) bond motifs is 6. The quantitative estimate of drug-likeness (QED) is 0.524. The molecule has 0 saturated heterocycles. The Hall–Kier alpha value is -2.57. The van der Waals surface area contributed by atoms with E-state index in [0.717, 1.165) is 17.8 Å². The van der Waals surface area contributed by atoms with Crippen LogP contribution in [0.2, 0.25) is 10.0 Å². The standard InChI is InChI=1S/C24H23Cl2N3O3/c1-23(2)13-7-8-24(23,22(30)29-18-9-12(31-3)5-6-19(18)32-4)21-20(13)27-16-10-14(25)15(26)11-17(16)28-21/h5-6,9-11,13H,7-8H2,1-4H3,(H,29,30). The molecule has 2 aliphatic carbocycles. The lowest BCUT2D eigenvalue weighted by atomic mass is 9.67. The number of nitrogens with one attached hydrogen (secondary N) is 1. The number of anilines is 1. The van der Waals surface area contributed by atoms with Gasteiger partial charge in [0.2, 0.25) is 5.91 Å². The van der Waals surface area contributed by atoms with Gasteiger partial charge in [-0.1, -0.05) is 37.0 Å². The average molecular weight is 472 g/mol. The predicted molar refractivity (Wildman–Crippen MR) is 125 cm³/mol. The van der Waals surface area contributed by atoms with Crippen LogP contribution < -0.4 is 14.8 Å². The normalized spacial score (nSPS) is 22.6. The Morgan fingerprint density at radius 1 is 1.06 bits per heavy atom. The first kappa shape index (κ1) is 21.3. The first-order valence-corrected chi connectivity index (χ1v) is 11.2. The van der Waals surface area contributed by atoms with Gasteiger partial charge in [0, 0.05) is 12.0 Å². The lowest BCUT2D eigenvalue weighted by Crippen LogP contribution is -2.46. The van der Waals surface area contributed by atoms with Crippen molar-refractivity contribution in [2.75, 3.05) is 19.5 Å². The number of nitrogens with zero attached hydrogens (tertiary/aromatic N) is 2. The van der Waals surface area contributed by atoms with Gasteiger partial charge in [-0.2, -0.15) is 0 Å². The van der Waals surface area contributed by atoms with Gasteiger partial charge < -0.3 is 14.8 Å². The molecule has 32 heavy (non-hydrogen) atoms. The summed E-state index contributed by atoms with van der Waals surface area (Å²) in [5.74, 6) is 1.20. The maximum Gasteiger partial charge on any atom is 0.237 e. The number of amides is 1. The Labute approximate surface area is 196 Å². The molecule has 3 aromatic rings. The van der Waals surface area contributed by atoms with E-state index in [9.17, 15) is 4.79 Å². The minimum Gasteiger partial charge on any atom is -0.497 e. The summed E-state index contributed by atoms with van der Waals surface area (Å²) in [6.07, 6.45) is 1.56. The molecule has 2 aliphatic rings. The second kappa shape index (κ2) is 7.22. The van der Waals surface area contributed by atoms with Crippen LogP contribution in [0, 0.1) is 5.41 Å². The van der Waals surface area contributed by atoms with E-state index in [1.807, 2.05) is 0 Å². The fraction of sp³-hybridized carbons (Fsp3) is 0.375. The van der Waals surface area contributed by atoms with Crippen molar-refractivity contribution in [1.82, 2.24) is 9.97 Å². The summed E-state index contributed by atoms with van der Waals surface area (Å²) in [6, 6.07) is 8.77. The van der Waals surface area contributed by atoms with Gasteiger partial charge in [-0.25, -0.2) is 9.97 Å². The third-order valence-corrected chi connectivity index (χ3v) is 8.01. The number of carbonyl (C=O) groups excluding carboxylic acids is 1. The Morgan fingerprint density at radius 3 is 2.41 bits per heavy atom. The van der Waals surface area contributed by atoms with Crippen LogP contribution in [0.15, 0.2) is 30.3 Å². The molecule has 2 aromatic carbocycles. The Bertz CT molecular complexity index is 1280. The smallest absolute Gasteiger partial charge is 0.237 e. The number of rotatable bonds is 4. The zero-order valence-electron chi connectivity index (χ0n) is 18.3. The third-order valence-electron chi connectivity index (χ3n) is 7.29. The highest BCUT2D eigenvalue weighted by Crippen LogP contribution is 2.67. The minimum atomic E-state index is -0.825. The third kappa shape index (κ3) is 2.75. The predicted octanol–water partition coefficient (Wildman–Crippen LogP) is 5.75. The van der Waals surface area contributed by atoms with Crippen molar-refractivity contribution < 1.29 is 14.3 Å². The number of methoxy groups -OCH3 is 2. The van der Waals surface area contributed by atoms with Crippen LogP contribution in [0.3, 0.4) is 0 Å². The molecule has 1 fully saturated rings. The minimum absolute atomic E-state index is 0.121. The van der Waals surface area contributed by atoms with Crippen LogP contribution in [-0.4, -0.2) is 30.1 Å². The number of benzene rings is 2. The van der Waals surface area contributed by atoms with Gasteiger partial charge in [0.1, 0.15) is 11.5 Å². The molecule has 1 heterocycles. The molecule has 5 rings (SSSR count). The molecule has 0 radical (unpaired) electrons. The van der Waals surface area contributed by atoms with Gasteiger partial charge >= 0.3 is 0 Å². The van der Waals surface area contributed by atoms with Gasteiger partial charge in [-0.05, 0) is 42.5 Å². The second-order valence-electron chi connectivity index (χ2n) is 8.95. The molecular formula is C24H23Cl2N3O3. The monoisotopic (exact) mass is 471 g/mol. The van der Waals surface area contributed by atoms with E-state index in [0.29, 0.717) is 44.7 Å². The molecule has 166 valence electrons. The molecule has 6 nitrogen and oxygen atoms in total. The average Bonchev–Trinajstić information content (AvgIpc) is 3.14. The number of hydrogen-bond acceptors (Lipinski definition) is 5. The van der Waals surface area contributed by atoms with Crippen molar-refractivity contribution in [2.45, 2.75) is 38.0 Å². The molecule has 0 aliphatic heterocycles. The van der Waals surface area contributed by atoms with Gasteiger partial charge in [0.05, 0.1) is 57.8 Å². The zero-order valence-corrected chi connectivity index (χ0v) is 19.8. The van der Waals surface area contributed by atoms with Crippen LogP contribution in [0.1, 0.15) is 44.0 Å². The number of hydrogen-bond donors (Lipinski definition) is 1. The van der Waals surface area contributed by atoms with E-state index in [1.54, 1.807) is 44.6 Å². The van der Waals surface area contributed by atoms with Crippen molar-refractivity contribution in [3.63, 3.8) is 0 Å². The first-order chi connectivity index (χ1) is 15.2. The van der Waals surface area contributed by atoms with Gasteiger partial charge in [-0.15, -0.1) is 0 Å². The first-order valence-electron chi connectivity index (χ1n) is 10.4. The molecule has 1 N–H and O–H groups in total. The van der Waals surface area contributed by atoms with E-state index in [-0.39, 0.29) is 17.2 Å². The zero-order chi connectivity index (χ0) is 22.8. The summed E-state index contributed by atoms with van der Waals surface area (Å²) < 4.78 is 10.8. The Morgan fingerprint density at radius 2 is 1.75 bits per heavy atom.